The van der Waals surface area contributed by atoms with Gasteiger partial charge < -0.3 is 5.32 Å². The fourth-order valence-electron chi connectivity index (χ4n) is 1.67. The number of fused-ring (bicyclic) bond motifs is 1. The minimum Gasteiger partial charge on any atom is -0.373 e. The lowest BCUT2D eigenvalue weighted by molar-refractivity contribution is 0.101. The second-order valence-electron chi connectivity index (χ2n) is 3.37. The second kappa shape index (κ2) is 3.69. The number of Topliss-reactive ketones (excluding diaryl/α,β-unsaturated/α-hetero) is 1. The van der Waals surface area contributed by atoms with E-state index in [2.05, 4.69) is 10.3 Å². The summed E-state index contributed by atoms with van der Waals surface area (Å²) >= 11 is 0. The van der Waals surface area contributed by atoms with E-state index < -0.39 is 0 Å². The van der Waals surface area contributed by atoms with Crippen molar-refractivity contribution in [2.45, 2.75) is 6.92 Å². The number of nitrogens with zero attached hydrogens (tertiary/aromatic N) is 1. The Hall–Kier alpha value is -1.90. The molecule has 0 spiro atoms. The van der Waals surface area contributed by atoms with Gasteiger partial charge in [-0.25, -0.2) is 4.98 Å². The number of ketones is 1. The van der Waals surface area contributed by atoms with Crippen LogP contribution in [0.2, 0.25) is 0 Å². The van der Waals surface area contributed by atoms with Gasteiger partial charge in [0.05, 0.1) is 0 Å². The Bertz CT molecular complexity index is 520. The van der Waals surface area contributed by atoms with E-state index in [1.54, 1.807) is 13.1 Å². The number of pyridine rings is 1. The molecule has 76 valence electrons. The van der Waals surface area contributed by atoms with E-state index in [-0.39, 0.29) is 5.78 Å². The predicted molar refractivity (Wildman–Crippen MR) is 61.3 cm³/mol. The van der Waals surface area contributed by atoms with Gasteiger partial charge in [-0.3, -0.25) is 4.79 Å². The molecule has 1 N–H and O–H groups in total. The first kappa shape index (κ1) is 9.65. The summed E-state index contributed by atoms with van der Waals surface area (Å²) in [6.07, 6.45) is 1.62. The maximum Gasteiger partial charge on any atom is 0.161 e. The zero-order chi connectivity index (χ0) is 10.8. The molecule has 0 unspecified atom stereocenters. The number of rotatable bonds is 2. The molecule has 0 fully saturated rings. The summed E-state index contributed by atoms with van der Waals surface area (Å²) < 4.78 is 0. The van der Waals surface area contributed by atoms with Crippen LogP contribution in [0.4, 0.5) is 5.82 Å². The highest BCUT2D eigenvalue weighted by molar-refractivity contribution is 6.09. The van der Waals surface area contributed by atoms with Crippen molar-refractivity contribution >= 4 is 22.4 Å². The Morgan fingerprint density at radius 3 is 2.53 bits per heavy atom. The molecule has 0 atom stereocenters. The third kappa shape index (κ3) is 1.56. The molecule has 0 aliphatic rings. The molecule has 0 aliphatic heterocycles. The van der Waals surface area contributed by atoms with Crippen molar-refractivity contribution in [3.8, 4) is 0 Å². The smallest absolute Gasteiger partial charge is 0.161 e. The number of nitrogens with one attached hydrogen (secondary N) is 1. The molecule has 15 heavy (non-hydrogen) atoms. The first-order chi connectivity index (χ1) is 7.24. The molecular formula is C12H12N2O. The highest BCUT2D eigenvalue weighted by Gasteiger charge is 2.08. The summed E-state index contributed by atoms with van der Waals surface area (Å²) in [6.45, 7) is 1.56. The Kier molecular flexibility index (Phi) is 2.37. The first-order valence-electron chi connectivity index (χ1n) is 4.80. The molecule has 2 aromatic rings. The van der Waals surface area contributed by atoms with Crippen molar-refractivity contribution in [1.82, 2.24) is 4.98 Å². The normalized spacial score (nSPS) is 10.3. The minimum atomic E-state index is 0.0429. The maximum absolute atomic E-state index is 11.4. The average molecular weight is 200 g/mol. The summed E-state index contributed by atoms with van der Waals surface area (Å²) in [7, 11) is 1.82. The molecule has 0 aliphatic carbocycles. The zero-order valence-corrected chi connectivity index (χ0v) is 8.74. The number of hydrogen-bond donors (Lipinski definition) is 1. The predicted octanol–water partition coefficient (Wildman–Crippen LogP) is 2.48. The largest absolute Gasteiger partial charge is 0.373 e. The molecule has 0 amide bonds. The van der Waals surface area contributed by atoms with Gasteiger partial charge in [-0.2, -0.15) is 0 Å². The van der Waals surface area contributed by atoms with Crippen LogP contribution in [-0.2, 0) is 0 Å². The third-order valence-corrected chi connectivity index (χ3v) is 2.41. The SMILES string of the molecule is CNc1ncc(C(C)=O)c2ccccc12. The van der Waals surface area contributed by atoms with Crippen LogP contribution in [-0.4, -0.2) is 17.8 Å². The van der Waals surface area contributed by atoms with Gasteiger partial charge in [0.25, 0.3) is 0 Å². The van der Waals surface area contributed by atoms with Gasteiger partial charge in [0.15, 0.2) is 5.78 Å². The highest BCUT2D eigenvalue weighted by Crippen LogP contribution is 2.24. The molecule has 1 heterocycles. The second-order valence-corrected chi connectivity index (χ2v) is 3.37. The van der Waals surface area contributed by atoms with Crippen molar-refractivity contribution in [1.29, 1.82) is 0 Å². The zero-order valence-electron chi connectivity index (χ0n) is 8.74. The molecule has 3 nitrogen and oxygen atoms in total. The van der Waals surface area contributed by atoms with Crippen LogP contribution in [0.1, 0.15) is 17.3 Å². The fourth-order valence-corrected chi connectivity index (χ4v) is 1.67. The van der Waals surface area contributed by atoms with E-state index in [9.17, 15) is 4.79 Å². The molecule has 0 bridgehead atoms. The van der Waals surface area contributed by atoms with E-state index in [0.717, 1.165) is 16.6 Å². The number of anilines is 1. The van der Waals surface area contributed by atoms with Crippen LogP contribution in [0.15, 0.2) is 30.5 Å². The van der Waals surface area contributed by atoms with E-state index in [1.165, 1.54) is 0 Å². The maximum atomic E-state index is 11.4. The van der Waals surface area contributed by atoms with Crippen LogP contribution >= 0.6 is 0 Å². The molecule has 0 radical (unpaired) electrons. The van der Waals surface area contributed by atoms with Crippen LogP contribution in [0.3, 0.4) is 0 Å². The van der Waals surface area contributed by atoms with E-state index in [4.69, 9.17) is 0 Å². The standard InChI is InChI=1S/C12H12N2O/c1-8(15)11-7-14-12(13-2)10-6-4-3-5-9(10)11/h3-7H,1-2H3,(H,13,14). The Labute approximate surface area is 88.1 Å². The lowest BCUT2D eigenvalue weighted by Crippen LogP contribution is -1.99. The molecular weight excluding hydrogens is 188 g/mol. The van der Waals surface area contributed by atoms with Crippen LogP contribution in [0, 0.1) is 0 Å². The van der Waals surface area contributed by atoms with Crippen molar-refractivity contribution in [3.05, 3.63) is 36.0 Å². The first-order valence-corrected chi connectivity index (χ1v) is 4.80. The molecule has 0 saturated heterocycles. The van der Waals surface area contributed by atoms with E-state index >= 15 is 0 Å². The third-order valence-electron chi connectivity index (χ3n) is 2.41. The van der Waals surface area contributed by atoms with Crippen LogP contribution in [0.25, 0.3) is 10.8 Å². The van der Waals surface area contributed by atoms with Gasteiger partial charge >= 0.3 is 0 Å². The fraction of sp³-hybridized carbons (Fsp3) is 0.167. The average Bonchev–Trinajstić information content (AvgIpc) is 2.27. The lowest BCUT2D eigenvalue weighted by atomic mass is 10.0. The van der Waals surface area contributed by atoms with Crippen molar-refractivity contribution in [2.24, 2.45) is 0 Å². The van der Waals surface area contributed by atoms with Gasteiger partial charge in [-0.1, -0.05) is 24.3 Å². The number of carbonyl (C=O) groups is 1. The minimum absolute atomic E-state index is 0.0429. The highest BCUT2D eigenvalue weighted by atomic mass is 16.1. The van der Waals surface area contributed by atoms with Crippen molar-refractivity contribution in [3.63, 3.8) is 0 Å². The topological polar surface area (TPSA) is 42.0 Å². The van der Waals surface area contributed by atoms with E-state index in [1.807, 2.05) is 31.3 Å². The van der Waals surface area contributed by atoms with Gasteiger partial charge in [0.1, 0.15) is 5.82 Å². The molecule has 1 aromatic carbocycles. The molecule has 1 aromatic heterocycles. The van der Waals surface area contributed by atoms with Gasteiger partial charge in [0, 0.05) is 24.2 Å². The lowest BCUT2D eigenvalue weighted by Gasteiger charge is -2.07. The summed E-state index contributed by atoms with van der Waals surface area (Å²) in [6, 6.07) is 7.76. The van der Waals surface area contributed by atoms with Crippen molar-refractivity contribution in [2.75, 3.05) is 12.4 Å². The van der Waals surface area contributed by atoms with E-state index in [0.29, 0.717) is 5.56 Å². The monoisotopic (exact) mass is 200 g/mol. The molecule has 2 rings (SSSR count). The Balaban J connectivity index is 2.83. The summed E-state index contributed by atoms with van der Waals surface area (Å²) in [5.41, 5.74) is 0.671. The molecule has 0 saturated carbocycles. The Morgan fingerprint density at radius 2 is 1.93 bits per heavy atom. The Morgan fingerprint density at radius 1 is 1.27 bits per heavy atom. The molecule has 3 heteroatoms. The van der Waals surface area contributed by atoms with Gasteiger partial charge in [-0.15, -0.1) is 0 Å². The van der Waals surface area contributed by atoms with Gasteiger partial charge in [-0.05, 0) is 12.3 Å². The number of carbonyl (C=O) groups excluding carboxylic acids is 1. The number of hydrogen-bond acceptors (Lipinski definition) is 3. The summed E-state index contributed by atoms with van der Waals surface area (Å²) in [5.74, 6) is 0.844. The van der Waals surface area contributed by atoms with Crippen molar-refractivity contribution < 1.29 is 4.79 Å². The van der Waals surface area contributed by atoms with Crippen LogP contribution < -0.4 is 5.32 Å². The quantitative estimate of drug-likeness (QED) is 0.757. The number of benzene rings is 1. The summed E-state index contributed by atoms with van der Waals surface area (Å²) in [5, 5.41) is 4.94. The van der Waals surface area contributed by atoms with Crippen LogP contribution in [0.5, 0.6) is 0 Å². The number of aromatic nitrogens is 1. The summed E-state index contributed by atoms with van der Waals surface area (Å²) in [4.78, 5) is 15.6. The van der Waals surface area contributed by atoms with Gasteiger partial charge in [0.2, 0.25) is 0 Å².